The Morgan fingerprint density at radius 2 is 1.04 bits per heavy atom. The molecule has 0 bridgehead atoms. The quantitative estimate of drug-likeness (QED) is 0.186. The predicted molar refractivity (Wildman–Crippen MR) is 198 cm³/mol. The standard InChI is InChI=1S/C45H36N2/c1-26-9-15-40-36(19-26)37-20-27(2)10-16-41(37)46(40)32-13-14-33-30(24-32)23-31-25-44(34-7-5-6-8-35(34)45(31)33)47-42-17-11-28(3)21-38(42)39-22-29(4)12-18-43(39)47/h5-22,24,44H,23,25H2,1-4H3. The maximum Gasteiger partial charge on any atom is 0.0635 e. The van der Waals surface area contributed by atoms with Crippen LogP contribution in [0.5, 0.6) is 0 Å². The Bertz CT molecular complexity index is 2560. The summed E-state index contributed by atoms with van der Waals surface area (Å²) < 4.78 is 5.11. The third-order valence-electron chi connectivity index (χ3n) is 10.9. The minimum Gasteiger partial charge on any atom is -0.332 e. The lowest BCUT2D eigenvalue weighted by molar-refractivity contribution is 0.602. The number of benzene rings is 6. The van der Waals surface area contributed by atoms with E-state index in [1.807, 2.05) is 0 Å². The van der Waals surface area contributed by atoms with Gasteiger partial charge >= 0.3 is 0 Å². The zero-order valence-corrected chi connectivity index (χ0v) is 27.4. The van der Waals surface area contributed by atoms with Gasteiger partial charge in [0, 0.05) is 38.3 Å². The number of aromatic nitrogens is 2. The van der Waals surface area contributed by atoms with Crippen LogP contribution in [0.15, 0.2) is 121 Å². The van der Waals surface area contributed by atoms with Crippen LogP contribution in [0.2, 0.25) is 0 Å². The second-order valence-electron chi connectivity index (χ2n) is 14.1. The second-order valence-corrected chi connectivity index (χ2v) is 14.1. The summed E-state index contributed by atoms with van der Waals surface area (Å²) in [6.45, 7) is 8.79. The molecule has 8 aromatic rings. The van der Waals surface area contributed by atoms with Crippen molar-refractivity contribution >= 4 is 49.2 Å². The van der Waals surface area contributed by atoms with Crippen molar-refractivity contribution in [2.75, 3.05) is 0 Å². The Morgan fingerprint density at radius 1 is 0.511 bits per heavy atom. The van der Waals surface area contributed by atoms with E-state index in [0.717, 1.165) is 12.8 Å². The number of aryl methyl sites for hydroxylation is 4. The van der Waals surface area contributed by atoms with Crippen LogP contribution >= 0.6 is 0 Å². The van der Waals surface area contributed by atoms with Gasteiger partial charge in [-0.1, -0.05) is 82.4 Å². The number of fused-ring (bicyclic) bond motifs is 10. The topological polar surface area (TPSA) is 9.86 Å². The van der Waals surface area contributed by atoms with Gasteiger partial charge in [-0.3, -0.25) is 0 Å². The molecule has 0 radical (unpaired) electrons. The maximum atomic E-state index is 2.64. The molecule has 6 aromatic carbocycles. The van der Waals surface area contributed by atoms with E-state index >= 15 is 0 Å². The van der Waals surface area contributed by atoms with Crippen molar-refractivity contribution in [3.05, 3.63) is 165 Å². The molecule has 2 aliphatic rings. The third kappa shape index (κ3) is 3.79. The molecule has 47 heavy (non-hydrogen) atoms. The van der Waals surface area contributed by atoms with Crippen LogP contribution in [0.1, 0.15) is 57.0 Å². The van der Waals surface area contributed by atoms with Crippen molar-refractivity contribution in [3.63, 3.8) is 0 Å². The average molecular weight is 605 g/mol. The second kappa shape index (κ2) is 9.59. The van der Waals surface area contributed by atoms with Crippen LogP contribution in [-0.4, -0.2) is 9.13 Å². The summed E-state index contributed by atoms with van der Waals surface area (Å²) in [6.07, 6.45) is 2.01. The molecule has 10 rings (SSSR count). The lowest BCUT2D eigenvalue weighted by Crippen LogP contribution is -2.17. The first-order valence-corrected chi connectivity index (χ1v) is 16.9. The molecule has 226 valence electrons. The van der Waals surface area contributed by atoms with Gasteiger partial charge in [-0.2, -0.15) is 0 Å². The minimum atomic E-state index is 0.243. The molecule has 2 nitrogen and oxygen atoms in total. The van der Waals surface area contributed by atoms with E-state index in [-0.39, 0.29) is 6.04 Å². The van der Waals surface area contributed by atoms with Gasteiger partial charge in [0.05, 0.1) is 17.1 Å². The Labute approximate surface area is 275 Å². The Hall–Kier alpha value is -5.34. The highest BCUT2D eigenvalue weighted by molar-refractivity contribution is 6.10. The van der Waals surface area contributed by atoms with Crippen molar-refractivity contribution in [2.45, 2.75) is 46.6 Å². The van der Waals surface area contributed by atoms with Gasteiger partial charge in [0.15, 0.2) is 0 Å². The SMILES string of the molecule is Cc1ccc2c(c1)c1cc(C)ccc1n2-c1ccc2c(c1)CC1=C2c2ccccc2C(n2c3ccc(C)cc3c3cc(C)ccc32)C1. The van der Waals surface area contributed by atoms with Crippen molar-refractivity contribution in [2.24, 2.45) is 0 Å². The molecule has 0 amide bonds. The first kappa shape index (κ1) is 26.8. The normalized spacial score (nSPS) is 15.6. The van der Waals surface area contributed by atoms with Crippen molar-refractivity contribution < 1.29 is 0 Å². The van der Waals surface area contributed by atoms with Gasteiger partial charge in [-0.15, -0.1) is 0 Å². The van der Waals surface area contributed by atoms with Gasteiger partial charge in [0.2, 0.25) is 0 Å². The van der Waals surface area contributed by atoms with Gasteiger partial charge in [-0.25, -0.2) is 0 Å². The highest BCUT2D eigenvalue weighted by Gasteiger charge is 2.34. The van der Waals surface area contributed by atoms with Gasteiger partial charge in [0.25, 0.3) is 0 Å². The molecule has 0 saturated carbocycles. The molecule has 1 atom stereocenters. The number of hydrogen-bond acceptors (Lipinski definition) is 0. The van der Waals surface area contributed by atoms with E-state index in [9.17, 15) is 0 Å². The molecule has 0 spiro atoms. The fourth-order valence-electron chi connectivity index (χ4n) is 8.86. The van der Waals surface area contributed by atoms with Gasteiger partial charge in [-0.05, 0) is 129 Å². The molecular formula is C45H36N2. The maximum absolute atomic E-state index is 2.64. The van der Waals surface area contributed by atoms with Crippen molar-refractivity contribution in [1.29, 1.82) is 0 Å². The van der Waals surface area contributed by atoms with E-state index in [0.29, 0.717) is 0 Å². The lowest BCUT2D eigenvalue weighted by Gasteiger charge is -2.30. The smallest absolute Gasteiger partial charge is 0.0635 e. The molecule has 0 aliphatic heterocycles. The van der Waals surface area contributed by atoms with E-state index in [1.165, 1.54) is 99.4 Å². The summed E-state index contributed by atoms with van der Waals surface area (Å²) in [5, 5.41) is 5.37. The molecule has 2 heteroatoms. The molecule has 2 heterocycles. The molecule has 0 N–H and O–H groups in total. The summed E-state index contributed by atoms with van der Waals surface area (Å²) >= 11 is 0. The van der Waals surface area contributed by atoms with E-state index < -0.39 is 0 Å². The zero-order valence-electron chi connectivity index (χ0n) is 27.4. The summed E-state index contributed by atoms with van der Waals surface area (Å²) in [5.41, 5.74) is 20.3. The molecule has 2 aromatic heterocycles. The van der Waals surface area contributed by atoms with E-state index in [4.69, 9.17) is 0 Å². The minimum absolute atomic E-state index is 0.243. The number of allylic oxidation sites excluding steroid dienone is 1. The van der Waals surface area contributed by atoms with Crippen molar-refractivity contribution in [3.8, 4) is 5.69 Å². The molecule has 2 aliphatic carbocycles. The van der Waals surface area contributed by atoms with Crippen LogP contribution in [0.3, 0.4) is 0 Å². The van der Waals surface area contributed by atoms with E-state index in [2.05, 4.69) is 152 Å². The zero-order chi connectivity index (χ0) is 31.6. The fraction of sp³-hybridized carbons (Fsp3) is 0.156. The Balaban J connectivity index is 1.13. The Morgan fingerprint density at radius 3 is 1.64 bits per heavy atom. The van der Waals surface area contributed by atoms with Crippen LogP contribution in [0.4, 0.5) is 0 Å². The van der Waals surface area contributed by atoms with Crippen LogP contribution in [-0.2, 0) is 6.42 Å². The monoisotopic (exact) mass is 604 g/mol. The Kier molecular flexibility index (Phi) is 5.48. The van der Waals surface area contributed by atoms with Gasteiger partial charge < -0.3 is 9.13 Å². The third-order valence-corrected chi connectivity index (χ3v) is 10.9. The van der Waals surface area contributed by atoms with Crippen LogP contribution in [0, 0.1) is 27.7 Å². The fourth-order valence-corrected chi connectivity index (χ4v) is 8.86. The number of hydrogen-bond donors (Lipinski definition) is 0. The molecular weight excluding hydrogens is 569 g/mol. The van der Waals surface area contributed by atoms with Crippen molar-refractivity contribution in [1.82, 2.24) is 9.13 Å². The molecule has 0 fully saturated rings. The number of rotatable bonds is 2. The largest absolute Gasteiger partial charge is 0.332 e. The van der Waals surface area contributed by atoms with E-state index in [1.54, 1.807) is 5.57 Å². The highest BCUT2D eigenvalue weighted by atomic mass is 15.0. The number of nitrogens with zero attached hydrogens (tertiary/aromatic N) is 2. The average Bonchev–Trinajstić information content (AvgIpc) is 3.70. The summed E-state index contributed by atoms with van der Waals surface area (Å²) in [6, 6.07) is 44.4. The molecule has 0 saturated heterocycles. The highest BCUT2D eigenvalue weighted by Crippen LogP contribution is 2.50. The summed E-state index contributed by atoms with van der Waals surface area (Å²) in [4.78, 5) is 0. The predicted octanol–water partition coefficient (Wildman–Crippen LogP) is 11.5. The van der Waals surface area contributed by atoms with Crippen LogP contribution < -0.4 is 0 Å². The van der Waals surface area contributed by atoms with Crippen LogP contribution in [0.25, 0.3) is 54.9 Å². The lowest BCUT2D eigenvalue weighted by atomic mass is 9.82. The first-order valence-electron chi connectivity index (χ1n) is 16.9. The summed E-state index contributed by atoms with van der Waals surface area (Å²) in [5.74, 6) is 0. The summed E-state index contributed by atoms with van der Waals surface area (Å²) in [7, 11) is 0. The van der Waals surface area contributed by atoms with Gasteiger partial charge in [0.1, 0.15) is 0 Å². The first-order chi connectivity index (χ1) is 22.9. The molecule has 1 unspecified atom stereocenters.